The zero-order valence-corrected chi connectivity index (χ0v) is 10.7. The van der Waals surface area contributed by atoms with Crippen LogP contribution in [0.3, 0.4) is 0 Å². The van der Waals surface area contributed by atoms with Crippen LogP contribution in [-0.4, -0.2) is 8.42 Å². The lowest BCUT2D eigenvalue weighted by Crippen LogP contribution is -1.91. The van der Waals surface area contributed by atoms with Gasteiger partial charge >= 0.3 is 0 Å². The minimum absolute atomic E-state index is 0.120. The molecule has 0 aliphatic carbocycles. The normalized spacial score (nSPS) is 12.1. The molecule has 1 heterocycles. The molecule has 0 radical (unpaired) electrons. The van der Waals surface area contributed by atoms with Crippen molar-refractivity contribution < 1.29 is 8.42 Å². The maximum atomic E-state index is 11.2. The molecule has 0 saturated carbocycles. The van der Waals surface area contributed by atoms with Gasteiger partial charge in [-0.1, -0.05) is 0 Å². The lowest BCUT2D eigenvalue weighted by Gasteiger charge is -1.99. The van der Waals surface area contributed by atoms with E-state index in [1.807, 2.05) is 11.4 Å². The molecule has 6 heteroatoms. The van der Waals surface area contributed by atoms with Crippen LogP contribution in [0.2, 0.25) is 0 Å². The number of rotatable bonds is 1. The average Bonchev–Trinajstić information content (AvgIpc) is 2.47. The van der Waals surface area contributed by atoms with Crippen molar-refractivity contribution in [3.8, 4) is 0 Å². The van der Waals surface area contributed by atoms with Gasteiger partial charge in [0.1, 0.15) is 0 Å². The Bertz CT molecular complexity index is 588. The standard InChI is InChI=1S/C8H4BrClO2S2/c9-6-3-5-1-2-13-7(5)4-8(6)14(10,11)12/h1-4H. The molecule has 1 aromatic heterocycles. The third kappa shape index (κ3) is 1.82. The molecule has 2 aromatic rings. The van der Waals surface area contributed by atoms with Crippen LogP contribution in [0, 0.1) is 0 Å². The van der Waals surface area contributed by atoms with E-state index >= 15 is 0 Å². The zero-order valence-electron chi connectivity index (χ0n) is 6.70. The Balaban J connectivity index is 2.84. The summed E-state index contributed by atoms with van der Waals surface area (Å²) in [4.78, 5) is 0.120. The Morgan fingerprint density at radius 2 is 2.07 bits per heavy atom. The van der Waals surface area contributed by atoms with Gasteiger partial charge in [-0.25, -0.2) is 8.42 Å². The highest BCUT2D eigenvalue weighted by Gasteiger charge is 2.15. The highest BCUT2D eigenvalue weighted by atomic mass is 79.9. The van der Waals surface area contributed by atoms with Crippen molar-refractivity contribution in [1.29, 1.82) is 0 Å². The van der Waals surface area contributed by atoms with Gasteiger partial charge in [-0.2, -0.15) is 0 Å². The van der Waals surface area contributed by atoms with Crippen LogP contribution >= 0.6 is 37.9 Å². The molecule has 1 aromatic carbocycles. The molecule has 0 bridgehead atoms. The number of hydrogen-bond acceptors (Lipinski definition) is 3. The molecular weight excluding hydrogens is 308 g/mol. The number of fused-ring (bicyclic) bond motifs is 1. The fourth-order valence-corrected chi connectivity index (χ4v) is 4.25. The molecule has 0 spiro atoms. The van der Waals surface area contributed by atoms with Gasteiger partial charge in [-0.15, -0.1) is 11.3 Å². The maximum absolute atomic E-state index is 11.2. The Hall–Kier alpha value is -0.100. The van der Waals surface area contributed by atoms with Gasteiger partial charge in [0, 0.05) is 19.9 Å². The summed E-state index contributed by atoms with van der Waals surface area (Å²) in [5.74, 6) is 0. The molecule has 0 aliphatic heterocycles. The van der Waals surface area contributed by atoms with Gasteiger partial charge in [0.05, 0.1) is 4.90 Å². The quantitative estimate of drug-likeness (QED) is 0.754. The summed E-state index contributed by atoms with van der Waals surface area (Å²) in [6.07, 6.45) is 0. The number of halogens is 2. The second kappa shape index (κ2) is 3.48. The number of thiophene rings is 1. The summed E-state index contributed by atoms with van der Waals surface area (Å²) in [7, 11) is 1.61. The van der Waals surface area contributed by atoms with Crippen molar-refractivity contribution in [3.05, 3.63) is 28.1 Å². The highest BCUT2D eigenvalue weighted by Crippen LogP contribution is 2.32. The van der Waals surface area contributed by atoms with E-state index in [4.69, 9.17) is 10.7 Å². The van der Waals surface area contributed by atoms with Crippen LogP contribution in [0.1, 0.15) is 0 Å². The van der Waals surface area contributed by atoms with E-state index in [9.17, 15) is 8.42 Å². The Morgan fingerprint density at radius 1 is 1.36 bits per heavy atom. The molecule has 74 valence electrons. The fraction of sp³-hybridized carbons (Fsp3) is 0. The second-order valence-electron chi connectivity index (χ2n) is 2.68. The molecule has 14 heavy (non-hydrogen) atoms. The molecule has 0 saturated heterocycles. The largest absolute Gasteiger partial charge is 0.262 e. The molecule has 0 atom stereocenters. The lowest BCUT2D eigenvalue weighted by molar-refractivity contribution is 0.609. The van der Waals surface area contributed by atoms with E-state index in [1.165, 1.54) is 11.3 Å². The molecule has 0 amide bonds. The van der Waals surface area contributed by atoms with E-state index in [0.29, 0.717) is 4.47 Å². The lowest BCUT2D eigenvalue weighted by atomic mass is 10.3. The smallest absolute Gasteiger partial charge is 0.207 e. The average molecular weight is 312 g/mol. The molecule has 0 fully saturated rings. The van der Waals surface area contributed by atoms with Gasteiger partial charge in [0.2, 0.25) is 0 Å². The van der Waals surface area contributed by atoms with Crippen molar-refractivity contribution in [3.63, 3.8) is 0 Å². The monoisotopic (exact) mass is 310 g/mol. The Morgan fingerprint density at radius 3 is 2.71 bits per heavy atom. The Labute approximate surface area is 98.1 Å². The summed E-state index contributed by atoms with van der Waals surface area (Å²) < 4.78 is 23.7. The highest BCUT2D eigenvalue weighted by molar-refractivity contribution is 9.10. The molecule has 0 N–H and O–H groups in total. The van der Waals surface area contributed by atoms with Crippen molar-refractivity contribution in [2.24, 2.45) is 0 Å². The minimum atomic E-state index is -3.67. The summed E-state index contributed by atoms with van der Waals surface area (Å²) in [5, 5.41) is 2.91. The van der Waals surface area contributed by atoms with Gasteiger partial charge in [0.15, 0.2) is 0 Å². The van der Waals surface area contributed by atoms with Gasteiger partial charge in [-0.3, -0.25) is 0 Å². The third-order valence-electron chi connectivity index (χ3n) is 1.77. The SMILES string of the molecule is O=S(=O)(Cl)c1cc2sccc2cc1Br. The van der Waals surface area contributed by atoms with Crippen LogP contribution in [0.5, 0.6) is 0 Å². The van der Waals surface area contributed by atoms with E-state index in [2.05, 4.69) is 15.9 Å². The van der Waals surface area contributed by atoms with E-state index in [1.54, 1.807) is 12.1 Å². The van der Waals surface area contributed by atoms with Crippen LogP contribution in [0.15, 0.2) is 32.9 Å². The predicted molar refractivity (Wildman–Crippen MR) is 62.6 cm³/mol. The van der Waals surface area contributed by atoms with Crippen LogP contribution < -0.4 is 0 Å². The van der Waals surface area contributed by atoms with E-state index in [0.717, 1.165) is 10.1 Å². The van der Waals surface area contributed by atoms with Crippen molar-refractivity contribution in [2.75, 3.05) is 0 Å². The van der Waals surface area contributed by atoms with Crippen LogP contribution in [0.25, 0.3) is 10.1 Å². The molecule has 2 rings (SSSR count). The van der Waals surface area contributed by atoms with Gasteiger partial charge in [-0.05, 0) is 44.9 Å². The van der Waals surface area contributed by atoms with Crippen LogP contribution in [-0.2, 0) is 9.05 Å². The van der Waals surface area contributed by atoms with Crippen molar-refractivity contribution in [2.45, 2.75) is 4.90 Å². The summed E-state index contributed by atoms with van der Waals surface area (Å²) >= 11 is 4.66. The van der Waals surface area contributed by atoms with Crippen LogP contribution in [0.4, 0.5) is 0 Å². The second-order valence-corrected chi connectivity index (χ2v) is 7.02. The van der Waals surface area contributed by atoms with Crippen molar-refractivity contribution >= 4 is 57.1 Å². The molecule has 0 unspecified atom stereocenters. The summed E-state index contributed by atoms with van der Waals surface area (Å²) in [6.45, 7) is 0. The first-order valence-corrected chi connectivity index (χ1v) is 7.58. The first-order chi connectivity index (χ1) is 6.48. The maximum Gasteiger partial charge on any atom is 0.262 e. The topological polar surface area (TPSA) is 34.1 Å². The number of hydrogen-bond donors (Lipinski definition) is 0. The molecular formula is C8H4BrClO2S2. The fourth-order valence-electron chi connectivity index (χ4n) is 1.15. The summed E-state index contributed by atoms with van der Waals surface area (Å²) in [5.41, 5.74) is 0. The number of benzene rings is 1. The van der Waals surface area contributed by atoms with E-state index in [-0.39, 0.29) is 4.90 Å². The summed E-state index contributed by atoms with van der Waals surface area (Å²) in [6, 6.07) is 5.25. The zero-order chi connectivity index (χ0) is 10.3. The van der Waals surface area contributed by atoms with Crippen molar-refractivity contribution in [1.82, 2.24) is 0 Å². The first-order valence-electron chi connectivity index (χ1n) is 3.60. The molecule has 2 nitrogen and oxygen atoms in total. The Kier molecular flexibility index (Phi) is 2.59. The minimum Gasteiger partial charge on any atom is -0.207 e. The van der Waals surface area contributed by atoms with Gasteiger partial charge in [0.25, 0.3) is 9.05 Å². The molecule has 0 aliphatic rings. The first kappa shape index (κ1) is 10.4. The predicted octanol–water partition coefficient (Wildman–Crippen LogP) is 3.59. The van der Waals surface area contributed by atoms with E-state index < -0.39 is 9.05 Å². The third-order valence-corrected chi connectivity index (χ3v) is 4.93. The van der Waals surface area contributed by atoms with Gasteiger partial charge < -0.3 is 0 Å².